The highest BCUT2D eigenvalue weighted by molar-refractivity contribution is 7.21. The van der Waals surface area contributed by atoms with Gasteiger partial charge in [-0.1, -0.05) is 30.3 Å². The van der Waals surface area contributed by atoms with Crippen molar-refractivity contribution in [1.29, 1.82) is 0 Å². The number of carbonyl (C=O) groups excluding carboxylic acids is 1. The highest BCUT2D eigenvalue weighted by Crippen LogP contribution is 2.30. The topological polar surface area (TPSA) is 59.8 Å². The average Bonchev–Trinajstić information content (AvgIpc) is 3.31. The van der Waals surface area contributed by atoms with Crippen LogP contribution in [-0.4, -0.2) is 20.7 Å². The van der Waals surface area contributed by atoms with Gasteiger partial charge in [-0.05, 0) is 48.6 Å². The van der Waals surface area contributed by atoms with Crippen molar-refractivity contribution in [1.82, 2.24) is 20.1 Å². The van der Waals surface area contributed by atoms with Gasteiger partial charge in [-0.25, -0.2) is 9.67 Å². The number of hydrogen-bond donors (Lipinski definition) is 1. The first-order chi connectivity index (χ1) is 12.6. The van der Waals surface area contributed by atoms with E-state index in [0.29, 0.717) is 0 Å². The molecule has 0 aliphatic heterocycles. The number of rotatable bonds is 4. The van der Waals surface area contributed by atoms with Crippen LogP contribution in [0.2, 0.25) is 0 Å². The fraction of sp³-hybridized carbons (Fsp3) is 0.150. The van der Waals surface area contributed by atoms with Crippen LogP contribution < -0.4 is 5.32 Å². The van der Waals surface area contributed by atoms with Crippen molar-refractivity contribution in [2.24, 2.45) is 0 Å². The van der Waals surface area contributed by atoms with Gasteiger partial charge in [-0.15, -0.1) is 11.3 Å². The summed E-state index contributed by atoms with van der Waals surface area (Å²) in [7, 11) is 0. The largest absolute Gasteiger partial charge is 0.345 e. The molecule has 2 aromatic heterocycles. The van der Waals surface area contributed by atoms with Crippen LogP contribution in [-0.2, 0) is 0 Å². The monoisotopic (exact) mass is 362 g/mol. The smallest absolute Gasteiger partial charge is 0.262 e. The molecule has 4 rings (SSSR count). The molecular weight excluding hydrogens is 344 g/mol. The minimum absolute atomic E-state index is 0.0310. The number of thiophene rings is 1. The maximum atomic E-state index is 12.7. The van der Waals surface area contributed by atoms with E-state index >= 15 is 0 Å². The number of aryl methyl sites for hydroxylation is 1. The zero-order chi connectivity index (χ0) is 18.1. The van der Waals surface area contributed by atoms with Gasteiger partial charge in [0, 0.05) is 4.70 Å². The van der Waals surface area contributed by atoms with E-state index in [9.17, 15) is 4.79 Å². The Morgan fingerprint density at radius 3 is 2.62 bits per heavy atom. The molecule has 0 saturated carbocycles. The molecule has 0 aliphatic carbocycles. The third kappa shape index (κ3) is 2.99. The summed E-state index contributed by atoms with van der Waals surface area (Å²) in [5.74, 6) is -0.0310. The van der Waals surface area contributed by atoms with Crippen LogP contribution in [0.15, 0.2) is 61.2 Å². The zero-order valence-corrected chi connectivity index (χ0v) is 15.3. The summed E-state index contributed by atoms with van der Waals surface area (Å²) in [6, 6.07) is 16.0. The molecule has 5 nitrogen and oxygen atoms in total. The van der Waals surface area contributed by atoms with Crippen LogP contribution in [0.4, 0.5) is 0 Å². The van der Waals surface area contributed by atoms with Gasteiger partial charge in [0.1, 0.15) is 12.7 Å². The number of amides is 1. The molecule has 0 saturated heterocycles. The number of benzene rings is 2. The minimum Gasteiger partial charge on any atom is -0.345 e. The molecule has 2 heterocycles. The minimum atomic E-state index is -0.0862. The van der Waals surface area contributed by atoms with E-state index < -0.39 is 0 Å². The van der Waals surface area contributed by atoms with Crippen molar-refractivity contribution >= 4 is 27.3 Å². The average molecular weight is 362 g/mol. The van der Waals surface area contributed by atoms with Crippen LogP contribution in [0.5, 0.6) is 0 Å². The SMILES string of the molecule is Cc1c(C(=O)NC(C)c2ccc(-n3cncn3)cc2)sc2ccccc12. The fourth-order valence-corrected chi connectivity index (χ4v) is 4.11. The molecule has 6 heteroatoms. The van der Waals surface area contributed by atoms with E-state index in [2.05, 4.69) is 27.5 Å². The molecule has 0 bridgehead atoms. The maximum absolute atomic E-state index is 12.7. The van der Waals surface area contributed by atoms with E-state index in [4.69, 9.17) is 0 Å². The zero-order valence-electron chi connectivity index (χ0n) is 14.5. The fourth-order valence-electron chi connectivity index (χ4n) is 2.99. The Bertz CT molecular complexity index is 1050. The van der Waals surface area contributed by atoms with Crippen molar-refractivity contribution in [3.63, 3.8) is 0 Å². The van der Waals surface area contributed by atoms with E-state index in [1.807, 2.05) is 50.2 Å². The van der Waals surface area contributed by atoms with Crippen LogP contribution >= 0.6 is 11.3 Å². The van der Waals surface area contributed by atoms with Crippen molar-refractivity contribution in [3.8, 4) is 5.69 Å². The predicted octanol–water partition coefficient (Wildman–Crippen LogP) is 4.28. The van der Waals surface area contributed by atoms with Crippen molar-refractivity contribution in [2.45, 2.75) is 19.9 Å². The predicted molar refractivity (Wildman–Crippen MR) is 104 cm³/mol. The molecule has 1 atom stereocenters. The highest BCUT2D eigenvalue weighted by atomic mass is 32.1. The number of nitrogens with zero attached hydrogens (tertiary/aromatic N) is 3. The summed E-state index contributed by atoms with van der Waals surface area (Å²) in [6.45, 7) is 4.00. The number of nitrogens with one attached hydrogen (secondary N) is 1. The molecule has 4 aromatic rings. The van der Waals surface area contributed by atoms with Gasteiger partial charge in [-0.2, -0.15) is 5.10 Å². The lowest BCUT2D eigenvalue weighted by molar-refractivity contribution is 0.0943. The van der Waals surface area contributed by atoms with E-state index in [-0.39, 0.29) is 11.9 Å². The Morgan fingerprint density at radius 1 is 1.15 bits per heavy atom. The Labute approximate surface area is 155 Å². The lowest BCUT2D eigenvalue weighted by Gasteiger charge is -2.14. The molecule has 0 aliphatic rings. The molecule has 1 N–H and O–H groups in total. The summed E-state index contributed by atoms with van der Waals surface area (Å²) in [4.78, 5) is 17.5. The third-order valence-corrected chi connectivity index (χ3v) is 5.75. The number of hydrogen-bond acceptors (Lipinski definition) is 4. The quantitative estimate of drug-likeness (QED) is 0.589. The van der Waals surface area contributed by atoms with Gasteiger partial charge in [0.25, 0.3) is 5.91 Å². The first-order valence-corrected chi connectivity index (χ1v) is 9.19. The summed E-state index contributed by atoms with van der Waals surface area (Å²) in [6.07, 6.45) is 3.16. The van der Waals surface area contributed by atoms with Gasteiger partial charge < -0.3 is 5.32 Å². The van der Waals surface area contributed by atoms with E-state index in [1.54, 1.807) is 11.0 Å². The molecule has 0 spiro atoms. The molecule has 130 valence electrons. The molecular formula is C20H18N4OS. The maximum Gasteiger partial charge on any atom is 0.262 e. The molecule has 1 amide bonds. The van der Waals surface area contributed by atoms with E-state index in [1.165, 1.54) is 17.7 Å². The lowest BCUT2D eigenvalue weighted by atomic mass is 10.1. The Hall–Kier alpha value is -2.99. The van der Waals surface area contributed by atoms with Crippen LogP contribution in [0.3, 0.4) is 0 Å². The van der Waals surface area contributed by atoms with Gasteiger partial charge in [0.15, 0.2) is 0 Å². The van der Waals surface area contributed by atoms with Gasteiger partial charge >= 0.3 is 0 Å². The third-order valence-electron chi connectivity index (χ3n) is 4.47. The summed E-state index contributed by atoms with van der Waals surface area (Å²) in [5.41, 5.74) is 3.02. The second-order valence-electron chi connectivity index (χ2n) is 6.18. The van der Waals surface area contributed by atoms with Crippen LogP contribution in [0.25, 0.3) is 15.8 Å². The molecule has 0 fully saturated rings. The van der Waals surface area contributed by atoms with Crippen LogP contribution in [0, 0.1) is 6.92 Å². The summed E-state index contributed by atoms with van der Waals surface area (Å²) < 4.78 is 2.84. The van der Waals surface area contributed by atoms with Crippen molar-refractivity contribution < 1.29 is 4.79 Å². The number of aromatic nitrogens is 3. The summed E-state index contributed by atoms with van der Waals surface area (Å²) in [5, 5.41) is 8.37. The first-order valence-electron chi connectivity index (χ1n) is 8.37. The summed E-state index contributed by atoms with van der Waals surface area (Å²) >= 11 is 1.54. The lowest BCUT2D eigenvalue weighted by Crippen LogP contribution is -2.26. The van der Waals surface area contributed by atoms with Gasteiger partial charge in [0.05, 0.1) is 16.6 Å². The Morgan fingerprint density at radius 2 is 1.92 bits per heavy atom. The molecule has 2 aromatic carbocycles. The second-order valence-corrected chi connectivity index (χ2v) is 7.23. The molecule has 0 radical (unpaired) electrons. The van der Waals surface area contributed by atoms with Gasteiger partial charge in [-0.3, -0.25) is 4.79 Å². The Balaban J connectivity index is 1.52. The normalized spacial score (nSPS) is 12.2. The standard InChI is InChI=1S/C20H18N4OS/c1-13-17-5-3-4-6-18(17)26-19(13)20(25)23-14(2)15-7-9-16(10-8-15)24-12-21-11-22-24/h3-12,14H,1-2H3,(H,23,25). The van der Waals surface area contributed by atoms with Crippen molar-refractivity contribution in [3.05, 3.63) is 77.2 Å². The first kappa shape index (κ1) is 16.5. The molecule has 1 unspecified atom stereocenters. The van der Waals surface area contributed by atoms with E-state index in [0.717, 1.165) is 31.8 Å². The Kier molecular flexibility index (Phi) is 4.26. The van der Waals surface area contributed by atoms with Crippen LogP contribution in [0.1, 0.15) is 33.8 Å². The number of fused-ring (bicyclic) bond motifs is 1. The van der Waals surface area contributed by atoms with Crippen molar-refractivity contribution in [2.75, 3.05) is 0 Å². The number of carbonyl (C=O) groups is 1. The highest BCUT2D eigenvalue weighted by Gasteiger charge is 2.17. The second kappa shape index (κ2) is 6.72. The van der Waals surface area contributed by atoms with Gasteiger partial charge in [0.2, 0.25) is 0 Å². The molecule has 26 heavy (non-hydrogen) atoms.